The van der Waals surface area contributed by atoms with Crippen LogP contribution in [0.4, 0.5) is 11.5 Å². The number of nitrogens with one attached hydrogen (secondary N) is 1. The van der Waals surface area contributed by atoms with Gasteiger partial charge in [-0.25, -0.2) is 4.98 Å². The van der Waals surface area contributed by atoms with Gasteiger partial charge < -0.3 is 10.2 Å². The van der Waals surface area contributed by atoms with Crippen molar-refractivity contribution in [2.24, 2.45) is 0 Å². The van der Waals surface area contributed by atoms with Crippen LogP contribution >= 0.6 is 0 Å². The predicted molar refractivity (Wildman–Crippen MR) is 87.0 cm³/mol. The van der Waals surface area contributed by atoms with E-state index in [9.17, 15) is 19.7 Å². The van der Waals surface area contributed by atoms with Gasteiger partial charge in [-0.1, -0.05) is 6.07 Å². The van der Waals surface area contributed by atoms with Gasteiger partial charge in [0.25, 0.3) is 0 Å². The minimum atomic E-state index is -0.751. The van der Waals surface area contributed by atoms with E-state index in [4.69, 9.17) is 0 Å². The Morgan fingerprint density at radius 3 is 2.79 bits per heavy atom. The van der Waals surface area contributed by atoms with Gasteiger partial charge in [0.1, 0.15) is 5.65 Å². The van der Waals surface area contributed by atoms with Gasteiger partial charge >= 0.3 is 11.2 Å². The van der Waals surface area contributed by atoms with E-state index in [0.29, 0.717) is 5.65 Å². The van der Waals surface area contributed by atoms with Crippen LogP contribution in [0.5, 0.6) is 0 Å². The molecule has 0 aliphatic carbocycles. The molecule has 0 unspecified atom stereocenters. The van der Waals surface area contributed by atoms with Gasteiger partial charge in [-0.15, -0.1) is 0 Å². The molecule has 0 atom stereocenters. The first-order valence-corrected chi connectivity index (χ1v) is 7.75. The molecule has 1 amide bonds. The fourth-order valence-electron chi connectivity index (χ4n) is 2.78. The lowest BCUT2D eigenvalue weighted by molar-refractivity contribution is -0.385. The zero-order chi connectivity index (χ0) is 17.1. The van der Waals surface area contributed by atoms with Crippen molar-refractivity contribution in [3.05, 3.63) is 44.9 Å². The molecule has 2 aromatic rings. The molecule has 0 radical (unpaired) electrons. The number of rotatable bonds is 5. The van der Waals surface area contributed by atoms with E-state index in [1.807, 2.05) is 0 Å². The van der Waals surface area contributed by atoms with Crippen LogP contribution in [0, 0.1) is 10.1 Å². The molecule has 1 fully saturated rings. The van der Waals surface area contributed by atoms with Crippen LogP contribution in [0.2, 0.25) is 0 Å². The summed E-state index contributed by atoms with van der Waals surface area (Å²) in [5.74, 6) is -0.106. The van der Waals surface area contributed by atoms with Crippen LogP contribution in [-0.2, 0) is 4.79 Å². The second-order valence-electron chi connectivity index (χ2n) is 5.56. The van der Waals surface area contributed by atoms with Crippen LogP contribution in [0.3, 0.4) is 0 Å². The first-order valence-electron chi connectivity index (χ1n) is 7.75. The van der Waals surface area contributed by atoms with Gasteiger partial charge in [-0.2, -0.15) is 0 Å². The molecule has 9 nitrogen and oxygen atoms in total. The zero-order valence-corrected chi connectivity index (χ0v) is 13.0. The normalized spacial score (nSPS) is 14.1. The van der Waals surface area contributed by atoms with Gasteiger partial charge in [0.05, 0.1) is 4.92 Å². The molecular weight excluding hydrogens is 314 g/mol. The fourth-order valence-corrected chi connectivity index (χ4v) is 2.78. The monoisotopic (exact) mass is 331 g/mol. The Bertz CT molecular complexity index is 841. The maximum atomic E-state index is 12.3. The number of aromatic nitrogens is 2. The van der Waals surface area contributed by atoms with E-state index < -0.39 is 16.2 Å². The average molecular weight is 331 g/mol. The Balaban J connectivity index is 1.80. The number of fused-ring (bicyclic) bond motifs is 1. The standard InChI is InChI=1S/C15H17N5O4/c21-12(18-8-3-4-9-18)6-7-16-14-13(20(23)24)15(22)19-10-2-1-5-11(19)17-14/h1-2,5,10,16H,3-4,6-9H2. The Morgan fingerprint density at radius 1 is 1.33 bits per heavy atom. The van der Waals surface area contributed by atoms with E-state index >= 15 is 0 Å². The number of carbonyl (C=O) groups excluding carboxylic acids is 1. The van der Waals surface area contributed by atoms with Gasteiger partial charge in [0.2, 0.25) is 11.7 Å². The first kappa shape index (κ1) is 15.9. The summed E-state index contributed by atoms with van der Waals surface area (Å²) in [4.78, 5) is 40.7. The summed E-state index contributed by atoms with van der Waals surface area (Å²) in [5, 5.41) is 14.0. The molecule has 1 saturated heterocycles. The number of nitrogens with zero attached hydrogens (tertiary/aromatic N) is 4. The molecule has 3 rings (SSSR count). The lowest BCUT2D eigenvalue weighted by Crippen LogP contribution is -2.29. The number of hydrogen-bond donors (Lipinski definition) is 1. The van der Waals surface area contributed by atoms with Crippen molar-refractivity contribution >= 4 is 23.1 Å². The van der Waals surface area contributed by atoms with Crippen LogP contribution in [0.25, 0.3) is 5.65 Å². The Kier molecular flexibility index (Phi) is 4.41. The molecular formula is C15H17N5O4. The van der Waals surface area contributed by atoms with E-state index in [1.54, 1.807) is 23.1 Å². The number of likely N-dealkylation sites (tertiary alicyclic amines) is 1. The van der Waals surface area contributed by atoms with Crippen molar-refractivity contribution in [1.29, 1.82) is 0 Å². The van der Waals surface area contributed by atoms with Gasteiger partial charge in [-0.05, 0) is 25.0 Å². The van der Waals surface area contributed by atoms with Crippen molar-refractivity contribution in [1.82, 2.24) is 14.3 Å². The third-order valence-corrected chi connectivity index (χ3v) is 3.98. The topological polar surface area (TPSA) is 110 Å². The van der Waals surface area contributed by atoms with Gasteiger partial charge in [0.15, 0.2) is 0 Å². The SMILES string of the molecule is O=C(CCNc1nc2ccccn2c(=O)c1[N+](=O)[O-])N1CCCC1. The van der Waals surface area contributed by atoms with Crippen molar-refractivity contribution in [2.75, 3.05) is 25.0 Å². The molecule has 0 saturated carbocycles. The van der Waals surface area contributed by atoms with Gasteiger partial charge in [0, 0.05) is 32.3 Å². The summed E-state index contributed by atoms with van der Waals surface area (Å²) in [6.07, 6.45) is 3.65. The second-order valence-corrected chi connectivity index (χ2v) is 5.56. The van der Waals surface area contributed by atoms with E-state index in [-0.39, 0.29) is 24.7 Å². The number of nitro groups is 1. The van der Waals surface area contributed by atoms with Crippen molar-refractivity contribution in [3.63, 3.8) is 0 Å². The van der Waals surface area contributed by atoms with Crippen molar-refractivity contribution < 1.29 is 9.72 Å². The molecule has 24 heavy (non-hydrogen) atoms. The average Bonchev–Trinajstić information content (AvgIpc) is 3.09. The van der Waals surface area contributed by atoms with Crippen LogP contribution in [0.1, 0.15) is 19.3 Å². The highest BCUT2D eigenvalue weighted by Crippen LogP contribution is 2.18. The lowest BCUT2D eigenvalue weighted by Gasteiger charge is -2.15. The third-order valence-electron chi connectivity index (χ3n) is 3.98. The Hall–Kier alpha value is -2.97. The maximum absolute atomic E-state index is 12.3. The zero-order valence-electron chi connectivity index (χ0n) is 13.0. The molecule has 0 bridgehead atoms. The fraction of sp³-hybridized carbons (Fsp3) is 0.400. The molecule has 1 aliphatic heterocycles. The smallest absolute Gasteiger partial charge is 0.364 e. The first-order chi connectivity index (χ1) is 11.6. The second kappa shape index (κ2) is 6.65. The van der Waals surface area contributed by atoms with Crippen molar-refractivity contribution in [3.8, 4) is 0 Å². The number of anilines is 1. The number of amides is 1. The highest BCUT2D eigenvalue weighted by atomic mass is 16.6. The van der Waals surface area contributed by atoms with E-state index in [0.717, 1.165) is 30.3 Å². The molecule has 0 aromatic carbocycles. The highest BCUT2D eigenvalue weighted by molar-refractivity contribution is 5.77. The lowest BCUT2D eigenvalue weighted by atomic mass is 10.3. The van der Waals surface area contributed by atoms with Gasteiger partial charge in [-0.3, -0.25) is 24.1 Å². The molecule has 1 aliphatic rings. The third kappa shape index (κ3) is 3.05. The minimum absolute atomic E-state index is 0.000152. The summed E-state index contributed by atoms with van der Waals surface area (Å²) in [7, 11) is 0. The van der Waals surface area contributed by atoms with E-state index in [1.165, 1.54) is 6.20 Å². The Morgan fingerprint density at radius 2 is 2.08 bits per heavy atom. The molecule has 1 N–H and O–H groups in total. The number of pyridine rings is 1. The maximum Gasteiger partial charge on any atom is 0.376 e. The number of carbonyl (C=O) groups is 1. The van der Waals surface area contributed by atoms with Crippen molar-refractivity contribution in [2.45, 2.75) is 19.3 Å². The highest BCUT2D eigenvalue weighted by Gasteiger charge is 2.24. The van der Waals surface area contributed by atoms with E-state index in [2.05, 4.69) is 10.3 Å². The van der Waals surface area contributed by atoms with Crippen LogP contribution in [-0.4, -0.2) is 44.7 Å². The molecule has 3 heterocycles. The van der Waals surface area contributed by atoms with Crippen LogP contribution < -0.4 is 10.9 Å². The quantitative estimate of drug-likeness (QED) is 0.647. The number of hydrogen-bond acceptors (Lipinski definition) is 6. The predicted octanol–water partition coefficient (Wildman–Crippen LogP) is 1.03. The summed E-state index contributed by atoms with van der Waals surface area (Å²) in [5.41, 5.74) is -1.06. The summed E-state index contributed by atoms with van der Waals surface area (Å²) >= 11 is 0. The molecule has 9 heteroatoms. The largest absolute Gasteiger partial charge is 0.376 e. The summed E-state index contributed by atoms with van der Waals surface area (Å²) in [6.45, 7) is 1.70. The Labute approximate surface area is 137 Å². The molecule has 126 valence electrons. The minimum Gasteiger partial charge on any atom is -0.364 e. The van der Waals surface area contributed by atoms with Crippen LogP contribution in [0.15, 0.2) is 29.2 Å². The summed E-state index contributed by atoms with van der Waals surface area (Å²) < 4.78 is 1.12. The summed E-state index contributed by atoms with van der Waals surface area (Å²) in [6, 6.07) is 4.88. The molecule has 0 spiro atoms. The molecule has 2 aromatic heterocycles.